The van der Waals surface area contributed by atoms with Gasteiger partial charge in [0.25, 0.3) is 0 Å². The van der Waals surface area contributed by atoms with E-state index in [9.17, 15) is 4.39 Å². The Morgan fingerprint density at radius 1 is 1.39 bits per heavy atom. The Balaban J connectivity index is 2.00. The maximum absolute atomic E-state index is 12.8. The summed E-state index contributed by atoms with van der Waals surface area (Å²) in [6.45, 7) is 2.91. The van der Waals surface area contributed by atoms with Crippen LogP contribution in [0.3, 0.4) is 0 Å². The van der Waals surface area contributed by atoms with Crippen LogP contribution in [0.1, 0.15) is 25.1 Å². The van der Waals surface area contributed by atoms with E-state index >= 15 is 0 Å². The van der Waals surface area contributed by atoms with Crippen LogP contribution in [0.4, 0.5) is 4.39 Å². The molecule has 18 heavy (non-hydrogen) atoms. The smallest absolute Gasteiger partial charge is 0.141 e. The minimum Gasteiger partial charge on any atom is -0.332 e. The van der Waals surface area contributed by atoms with E-state index in [0.29, 0.717) is 11.6 Å². The first-order chi connectivity index (χ1) is 8.63. The number of hydrogen-bond donors (Lipinski definition) is 1. The Morgan fingerprint density at radius 2 is 2.22 bits per heavy atom. The topological polar surface area (TPSA) is 56.7 Å². The molecule has 0 saturated heterocycles. The number of nitrogens with zero attached hydrogens (tertiary/aromatic N) is 3. The zero-order valence-electron chi connectivity index (χ0n) is 10.2. The van der Waals surface area contributed by atoms with Gasteiger partial charge < -0.3 is 10.3 Å². The number of rotatable bonds is 1. The number of imidazole rings is 1. The molecule has 2 atom stereocenters. The van der Waals surface area contributed by atoms with E-state index < -0.39 is 0 Å². The molecule has 2 aromatic heterocycles. The van der Waals surface area contributed by atoms with Gasteiger partial charge in [-0.2, -0.15) is 0 Å². The number of fused-ring (bicyclic) bond motifs is 1. The first kappa shape index (κ1) is 11.3. The number of hydrogen-bond acceptors (Lipinski definition) is 3. The molecule has 2 N–H and O–H groups in total. The number of pyridine rings is 1. The molecule has 2 unspecified atom stereocenters. The summed E-state index contributed by atoms with van der Waals surface area (Å²) < 4.78 is 14.9. The largest absolute Gasteiger partial charge is 0.332 e. The third-order valence-electron chi connectivity index (χ3n) is 3.33. The second-order valence-electron chi connectivity index (χ2n) is 4.90. The highest BCUT2D eigenvalue weighted by Gasteiger charge is 2.24. The first-order valence-corrected chi connectivity index (χ1v) is 6.08. The van der Waals surface area contributed by atoms with Crippen molar-refractivity contribution in [1.82, 2.24) is 14.5 Å². The van der Waals surface area contributed by atoms with Crippen LogP contribution in [-0.4, -0.2) is 20.6 Å². The summed E-state index contributed by atoms with van der Waals surface area (Å²) in [4.78, 5) is 8.64. The molecule has 0 radical (unpaired) electrons. The average Bonchev–Trinajstić information content (AvgIpc) is 2.74. The fraction of sp³-hybridized carbons (Fsp3) is 0.385. The minimum atomic E-state index is -0.335. The second kappa shape index (κ2) is 4.17. The molecule has 4 nitrogen and oxygen atoms in total. The maximum Gasteiger partial charge on any atom is 0.141 e. The maximum atomic E-state index is 12.8. The van der Waals surface area contributed by atoms with Gasteiger partial charge in [0, 0.05) is 24.7 Å². The van der Waals surface area contributed by atoms with Gasteiger partial charge in [-0.15, -0.1) is 0 Å². The molecule has 1 aliphatic rings. The summed E-state index contributed by atoms with van der Waals surface area (Å²) in [7, 11) is 0. The van der Waals surface area contributed by atoms with Gasteiger partial charge in [0.2, 0.25) is 0 Å². The van der Waals surface area contributed by atoms with Crippen LogP contribution in [0.25, 0.3) is 11.4 Å². The summed E-state index contributed by atoms with van der Waals surface area (Å²) in [5, 5.41) is 0. The second-order valence-corrected chi connectivity index (χ2v) is 4.90. The molecule has 0 saturated carbocycles. The highest BCUT2D eigenvalue weighted by Crippen LogP contribution is 2.28. The van der Waals surface area contributed by atoms with Gasteiger partial charge in [-0.05, 0) is 18.6 Å². The van der Waals surface area contributed by atoms with Gasteiger partial charge in [-0.3, -0.25) is 4.98 Å². The van der Waals surface area contributed by atoms with Crippen molar-refractivity contribution in [3.63, 3.8) is 0 Å². The van der Waals surface area contributed by atoms with E-state index in [2.05, 4.69) is 21.5 Å². The van der Waals surface area contributed by atoms with Crippen molar-refractivity contribution < 1.29 is 4.39 Å². The normalized spacial score (nSPS) is 22.8. The molecule has 1 aliphatic heterocycles. The molecule has 0 amide bonds. The Labute approximate surface area is 105 Å². The lowest BCUT2D eigenvalue weighted by atomic mass is 9.98. The Kier molecular flexibility index (Phi) is 2.63. The molecule has 0 spiro atoms. The molecule has 0 aromatic carbocycles. The molecule has 3 rings (SSSR count). The molecule has 2 aromatic rings. The van der Waals surface area contributed by atoms with E-state index in [1.54, 1.807) is 6.07 Å². The van der Waals surface area contributed by atoms with Gasteiger partial charge in [-0.1, -0.05) is 6.92 Å². The summed E-state index contributed by atoms with van der Waals surface area (Å²) in [6, 6.07) is 3.22. The van der Waals surface area contributed by atoms with Crippen molar-refractivity contribution >= 4 is 0 Å². The fourth-order valence-corrected chi connectivity index (χ4v) is 2.51. The molecule has 0 bridgehead atoms. The molecule has 3 heterocycles. The SMILES string of the molecule is CC1CC(N)Cn2cc(-c3ccc(F)cn3)nc21. The van der Waals surface area contributed by atoms with Gasteiger partial charge >= 0.3 is 0 Å². The number of nitrogens with two attached hydrogens (primary N) is 1. The highest BCUT2D eigenvalue weighted by molar-refractivity contribution is 5.53. The summed E-state index contributed by atoms with van der Waals surface area (Å²) in [6.07, 6.45) is 4.11. The van der Waals surface area contributed by atoms with Crippen molar-refractivity contribution in [1.29, 1.82) is 0 Å². The predicted molar refractivity (Wildman–Crippen MR) is 66.4 cm³/mol. The van der Waals surface area contributed by atoms with Crippen molar-refractivity contribution in [2.75, 3.05) is 0 Å². The van der Waals surface area contributed by atoms with E-state index in [0.717, 1.165) is 24.5 Å². The predicted octanol–water partition coefficient (Wildman–Crippen LogP) is 1.92. The van der Waals surface area contributed by atoms with Gasteiger partial charge in [0.15, 0.2) is 0 Å². The van der Waals surface area contributed by atoms with Crippen molar-refractivity contribution in [2.45, 2.75) is 31.8 Å². The lowest BCUT2D eigenvalue weighted by molar-refractivity contribution is 0.407. The standard InChI is InChI=1S/C13H15FN4/c1-8-4-10(15)6-18-7-12(17-13(8)18)11-3-2-9(14)5-16-11/h2-3,5,7-8,10H,4,6,15H2,1H3. The highest BCUT2D eigenvalue weighted by atomic mass is 19.1. The third kappa shape index (κ3) is 1.90. The summed E-state index contributed by atoms with van der Waals surface area (Å²) in [5.74, 6) is 1.05. The molecular weight excluding hydrogens is 231 g/mol. The molecule has 94 valence electrons. The van der Waals surface area contributed by atoms with E-state index in [1.807, 2.05) is 6.20 Å². The lowest BCUT2D eigenvalue weighted by Crippen LogP contribution is -2.33. The van der Waals surface area contributed by atoms with Gasteiger partial charge in [-0.25, -0.2) is 9.37 Å². The number of aromatic nitrogens is 3. The van der Waals surface area contributed by atoms with Gasteiger partial charge in [0.1, 0.15) is 17.3 Å². The van der Waals surface area contributed by atoms with Gasteiger partial charge in [0.05, 0.1) is 11.9 Å². The zero-order valence-corrected chi connectivity index (χ0v) is 10.2. The number of halogens is 1. The summed E-state index contributed by atoms with van der Waals surface area (Å²) in [5.41, 5.74) is 7.47. The van der Waals surface area contributed by atoms with Crippen molar-refractivity contribution in [2.24, 2.45) is 5.73 Å². The molecule has 0 fully saturated rings. The quantitative estimate of drug-likeness (QED) is 0.836. The zero-order chi connectivity index (χ0) is 12.7. The Morgan fingerprint density at radius 3 is 2.94 bits per heavy atom. The Hall–Kier alpha value is -1.75. The lowest BCUT2D eigenvalue weighted by Gasteiger charge is -2.25. The van der Waals surface area contributed by atoms with Crippen LogP contribution < -0.4 is 5.73 Å². The van der Waals surface area contributed by atoms with Crippen LogP contribution >= 0.6 is 0 Å². The monoisotopic (exact) mass is 246 g/mol. The minimum absolute atomic E-state index is 0.177. The van der Waals surface area contributed by atoms with Crippen LogP contribution in [0.5, 0.6) is 0 Å². The third-order valence-corrected chi connectivity index (χ3v) is 3.33. The molecule has 5 heteroatoms. The molecular formula is C13H15FN4. The van der Waals surface area contributed by atoms with E-state index in [4.69, 9.17) is 5.73 Å². The summed E-state index contributed by atoms with van der Waals surface area (Å²) >= 11 is 0. The van der Waals surface area contributed by atoms with Crippen molar-refractivity contribution in [3.8, 4) is 11.4 Å². The average molecular weight is 246 g/mol. The van der Waals surface area contributed by atoms with E-state index in [1.165, 1.54) is 12.3 Å². The van der Waals surface area contributed by atoms with Crippen LogP contribution in [0.2, 0.25) is 0 Å². The Bertz CT molecular complexity index is 561. The van der Waals surface area contributed by atoms with Crippen molar-refractivity contribution in [3.05, 3.63) is 36.2 Å². The van der Waals surface area contributed by atoms with E-state index in [-0.39, 0.29) is 11.9 Å². The fourth-order valence-electron chi connectivity index (χ4n) is 2.51. The first-order valence-electron chi connectivity index (χ1n) is 6.08. The molecule has 0 aliphatic carbocycles. The van der Waals surface area contributed by atoms with Crippen LogP contribution in [0.15, 0.2) is 24.5 Å². The van der Waals surface area contributed by atoms with Crippen LogP contribution in [-0.2, 0) is 6.54 Å². The van der Waals surface area contributed by atoms with Crippen LogP contribution in [0, 0.1) is 5.82 Å².